The topological polar surface area (TPSA) is 171 Å². The maximum atomic E-state index is 13.8. The number of benzene rings is 2. The Morgan fingerprint density at radius 2 is 1.62 bits per heavy atom. The Morgan fingerprint density at radius 1 is 0.887 bits per heavy atom. The molecule has 372 valence electrons. The second kappa shape index (κ2) is 19.1. The first kappa shape index (κ1) is 48.4. The number of aryl methyl sites for hydroxylation is 2. The summed E-state index contributed by atoms with van der Waals surface area (Å²) in [5.74, 6) is 2.35. The number of anilines is 3. The molecule has 0 bridgehead atoms. The van der Waals surface area contributed by atoms with Gasteiger partial charge in [-0.3, -0.25) is 23.7 Å². The smallest absolute Gasteiger partial charge is 0.254 e. The Bertz CT molecular complexity index is 2890. The van der Waals surface area contributed by atoms with E-state index < -0.39 is 10.8 Å². The fraction of sp³-hybridized carbons (Fsp3) is 0.509. The predicted molar refractivity (Wildman–Crippen MR) is 272 cm³/mol. The molecular formula is C53H62Cl2N12O4. The van der Waals surface area contributed by atoms with Gasteiger partial charge in [0.2, 0.25) is 17.8 Å². The lowest BCUT2D eigenvalue weighted by Gasteiger charge is -2.63. The Balaban J connectivity index is 0.728. The molecule has 1 saturated carbocycles. The van der Waals surface area contributed by atoms with Crippen molar-refractivity contribution in [1.82, 2.24) is 44.6 Å². The third kappa shape index (κ3) is 9.20. The molecule has 0 unspecified atom stereocenters. The number of carbonyl (C=O) groups excluding carboxylic acids is 3. The molecule has 16 nitrogen and oxygen atoms in total. The number of nitrogens with zero attached hydrogens (tertiary/aromatic N) is 11. The lowest BCUT2D eigenvalue weighted by molar-refractivity contribution is -0.164. The Kier molecular flexibility index (Phi) is 13.0. The number of aromatic nitrogens is 6. The molecule has 5 aromatic rings. The summed E-state index contributed by atoms with van der Waals surface area (Å²) in [5.41, 5.74) is 6.50. The number of piperidine rings is 2. The summed E-state index contributed by atoms with van der Waals surface area (Å²) in [5, 5.41) is 23.2. The van der Waals surface area contributed by atoms with Crippen LogP contribution in [-0.4, -0.2) is 108 Å². The van der Waals surface area contributed by atoms with E-state index in [0.717, 1.165) is 92.8 Å². The molecule has 71 heavy (non-hydrogen) atoms. The monoisotopic (exact) mass is 1000 g/mol. The SMILES string of the molecule is CC(=O)N1CCc2c(c(N3CCCc4cc(-c5cnn(C)c5)c(Cl)cc43)nn2C2CCN(C(=O)CC3CCN(c4ncc(C(=O)NC5C(C)(C)C(Oc6ccc(C#N)c(Cl)c6)C5(C)C)cn4)CC3)CC2)C1. The highest BCUT2D eigenvalue weighted by Crippen LogP contribution is 2.56. The number of ether oxygens (including phenoxy) is 1. The van der Waals surface area contributed by atoms with Crippen LogP contribution >= 0.6 is 23.2 Å². The van der Waals surface area contributed by atoms with Gasteiger partial charge in [0.15, 0.2) is 5.82 Å². The summed E-state index contributed by atoms with van der Waals surface area (Å²) < 4.78 is 10.4. The van der Waals surface area contributed by atoms with Gasteiger partial charge in [0.05, 0.1) is 40.0 Å². The van der Waals surface area contributed by atoms with Crippen molar-refractivity contribution in [3.05, 3.63) is 93.1 Å². The highest BCUT2D eigenvalue weighted by Gasteiger charge is 2.64. The van der Waals surface area contributed by atoms with Crippen LogP contribution in [0, 0.1) is 28.1 Å². The van der Waals surface area contributed by atoms with Gasteiger partial charge in [-0.1, -0.05) is 50.9 Å². The number of carbonyl (C=O) groups is 3. The highest BCUT2D eigenvalue weighted by molar-refractivity contribution is 6.33. The van der Waals surface area contributed by atoms with E-state index in [1.807, 2.05) is 29.2 Å². The van der Waals surface area contributed by atoms with Crippen LogP contribution in [0.5, 0.6) is 5.75 Å². The molecule has 2 saturated heterocycles. The van der Waals surface area contributed by atoms with Crippen molar-refractivity contribution in [2.45, 2.75) is 111 Å². The van der Waals surface area contributed by atoms with E-state index in [0.29, 0.717) is 65.5 Å². The number of nitrogens with one attached hydrogen (secondary N) is 1. The molecule has 5 aliphatic rings. The summed E-state index contributed by atoms with van der Waals surface area (Å²) in [6, 6.07) is 11.4. The average Bonchev–Trinajstić information content (AvgIpc) is 3.97. The summed E-state index contributed by atoms with van der Waals surface area (Å²) in [4.78, 5) is 57.7. The maximum Gasteiger partial charge on any atom is 0.254 e. The molecular weight excluding hydrogens is 940 g/mol. The van der Waals surface area contributed by atoms with Crippen LogP contribution in [-0.2, 0) is 36.0 Å². The van der Waals surface area contributed by atoms with Gasteiger partial charge in [0.1, 0.15) is 17.9 Å². The first-order valence-corrected chi connectivity index (χ1v) is 25.7. The van der Waals surface area contributed by atoms with E-state index in [-0.39, 0.29) is 41.8 Å². The Labute approximate surface area is 425 Å². The minimum Gasteiger partial charge on any atom is -0.489 e. The van der Waals surface area contributed by atoms with Gasteiger partial charge >= 0.3 is 0 Å². The standard InChI is InChI=1S/C53H62Cl2N12O4/c1-32(68)65-21-15-44-41(31-65)47(66-16-7-8-34-23-40(43(55)25-45(34)66)37-29-59-62(6)30-37)61-67(44)38-13-19-63(20-14-38)46(69)22-33-11-17-64(18-12-33)51-57-27-36(28-58-51)48(70)60-49-52(2,3)50(53(49,4)5)71-39-10-9-35(26-56)42(54)24-39/h9-10,23-25,27-30,33,38,49-50H,7-8,11-22,31H2,1-6H3,(H,60,70). The molecule has 3 aromatic heterocycles. The zero-order chi connectivity index (χ0) is 49.9. The van der Waals surface area contributed by atoms with Crippen molar-refractivity contribution in [3.63, 3.8) is 0 Å². The van der Waals surface area contributed by atoms with E-state index in [9.17, 15) is 19.6 Å². The molecule has 0 radical (unpaired) electrons. The number of hydrogen-bond donors (Lipinski definition) is 1. The van der Waals surface area contributed by atoms with Gasteiger partial charge in [-0.2, -0.15) is 15.5 Å². The minimum atomic E-state index is -0.403. The number of fused-ring (bicyclic) bond motifs is 2. The van der Waals surface area contributed by atoms with Crippen molar-refractivity contribution in [2.75, 3.05) is 49.1 Å². The van der Waals surface area contributed by atoms with Crippen LogP contribution in [0.3, 0.4) is 0 Å². The van der Waals surface area contributed by atoms with Crippen molar-refractivity contribution in [2.24, 2.45) is 23.8 Å². The summed E-state index contributed by atoms with van der Waals surface area (Å²) in [7, 11) is 1.91. The predicted octanol–water partition coefficient (Wildman–Crippen LogP) is 8.32. The number of amides is 3. The van der Waals surface area contributed by atoms with Crippen molar-refractivity contribution in [3.8, 4) is 22.9 Å². The molecule has 3 fully saturated rings. The Morgan fingerprint density at radius 3 is 2.28 bits per heavy atom. The van der Waals surface area contributed by atoms with E-state index in [1.165, 1.54) is 11.3 Å². The third-order valence-electron chi connectivity index (χ3n) is 15.9. The lowest BCUT2D eigenvalue weighted by Crippen LogP contribution is -2.74. The summed E-state index contributed by atoms with van der Waals surface area (Å²) in [6.45, 7) is 14.7. The number of halogens is 2. The van der Waals surface area contributed by atoms with Gasteiger partial charge in [-0.05, 0) is 74.3 Å². The van der Waals surface area contributed by atoms with Crippen LogP contribution in [0.4, 0.5) is 17.5 Å². The van der Waals surface area contributed by atoms with Gasteiger partial charge in [0, 0.05) is 136 Å². The highest BCUT2D eigenvalue weighted by atomic mass is 35.5. The minimum absolute atomic E-state index is 0.0633. The first-order chi connectivity index (χ1) is 34.0. The van der Waals surface area contributed by atoms with Gasteiger partial charge in [0.25, 0.3) is 5.91 Å². The second-order valence-corrected chi connectivity index (χ2v) is 22.1. The quantitative estimate of drug-likeness (QED) is 0.143. The molecule has 1 aliphatic carbocycles. The summed E-state index contributed by atoms with van der Waals surface area (Å²) >= 11 is 13.3. The van der Waals surface area contributed by atoms with Gasteiger partial charge in [-0.25, -0.2) is 9.97 Å². The van der Waals surface area contributed by atoms with Crippen LogP contribution in [0.15, 0.2) is 55.1 Å². The fourth-order valence-corrected chi connectivity index (χ4v) is 12.8. The number of nitriles is 1. The zero-order valence-corrected chi connectivity index (χ0v) is 42.9. The molecule has 3 amide bonds. The van der Waals surface area contributed by atoms with Crippen LogP contribution < -0.4 is 19.9 Å². The van der Waals surface area contributed by atoms with E-state index in [2.05, 4.69) is 80.8 Å². The van der Waals surface area contributed by atoms with E-state index >= 15 is 0 Å². The molecule has 1 N–H and O–H groups in total. The fourth-order valence-electron chi connectivity index (χ4n) is 12.3. The molecule has 10 rings (SSSR count). The summed E-state index contributed by atoms with van der Waals surface area (Å²) in [6.07, 6.45) is 13.3. The molecule has 7 heterocycles. The van der Waals surface area contributed by atoms with Crippen molar-refractivity contribution >= 4 is 58.4 Å². The maximum absolute atomic E-state index is 13.8. The Hall–Kier alpha value is -6.18. The van der Waals surface area contributed by atoms with Gasteiger partial charge < -0.3 is 29.7 Å². The number of likely N-dealkylation sites (tertiary alicyclic amines) is 1. The van der Waals surface area contributed by atoms with Crippen LogP contribution in [0.2, 0.25) is 10.0 Å². The van der Waals surface area contributed by atoms with E-state index in [4.69, 9.17) is 33.0 Å². The lowest BCUT2D eigenvalue weighted by atomic mass is 9.49. The van der Waals surface area contributed by atoms with Crippen LogP contribution in [0.1, 0.15) is 112 Å². The molecule has 0 spiro atoms. The normalized spacial score (nSPS) is 20.9. The first-order valence-electron chi connectivity index (χ1n) is 25.0. The molecule has 2 aromatic carbocycles. The van der Waals surface area contributed by atoms with Gasteiger partial charge in [-0.15, -0.1) is 0 Å². The molecule has 18 heteroatoms. The number of hydrogen-bond acceptors (Lipinski definition) is 11. The molecule has 4 aliphatic heterocycles. The van der Waals surface area contributed by atoms with Crippen LogP contribution in [0.25, 0.3) is 11.1 Å². The van der Waals surface area contributed by atoms with Crippen molar-refractivity contribution in [1.29, 1.82) is 5.26 Å². The third-order valence-corrected chi connectivity index (χ3v) is 16.5. The average molecular weight is 1000 g/mol. The van der Waals surface area contributed by atoms with E-state index in [1.54, 1.807) is 42.2 Å². The second-order valence-electron chi connectivity index (χ2n) is 21.3. The molecule has 0 atom stereocenters. The number of rotatable bonds is 10. The zero-order valence-electron chi connectivity index (χ0n) is 41.4. The van der Waals surface area contributed by atoms with Crippen molar-refractivity contribution < 1.29 is 19.1 Å². The largest absolute Gasteiger partial charge is 0.489 e.